The van der Waals surface area contributed by atoms with Crippen molar-refractivity contribution in [3.8, 4) is 0 Å². The van der Waals surface area contributed by atoms with Crippen LogP contribution in [0, 0.1) is 6.92 Å². The van der Waals surface area contributed by atoms with Gasteiger partial charge in [-0.05, 0) is 49.4 Å². The molecular formula is C22H23N4O4S+. The summed E-state index contributed by atoms with van der Waals surface area (Å²) in [6.45, 7) is 3.55. The summed E-state index contributed by atoms with van der Waals surface area (Å²) < 4.78 is 29.1. The van der Waals surface area contributed by atoms with E-state index in [4.69, 9.17) is 0 Å². The smallest absolute Gasteiger partial charge is 0.275 e. The van der Waals surface area contributed by atoms with Crippen LogP contribution < -0.4 is 20.1 Å². The summed E-state index contributed by atoms with van der Waals surface area (Å²) in [5.41, 5.74) is 7.67. The summed E-state index contributed by atoms with van der Waals surface area (Å²) in [5.74, 6) is -0.388. The van der Waals surface area contributed by atoms with Crippen LogP contribution in [0.15, 0.2) is 78.0 Å². The molecule has 8 nitrogen and oxygen atoms in total. The Hall–Kier alpha value is -3.72. The van der Waals surface area contributed by atoms with Gasteiger partial charge in [-0.2, -0.15) is 4.57 Å². The van der Waals surface area contributed by atoms with Crippen LogP contribution >= 0.6 is 0 Å². The average Bonchev–Trinajstić information content (AvgIpc) is 2.73. The second kappa shape index (κ2) is 9.40. The predicted molar refractivity (Wildman–Crippen MR) is 117 cm³/mol. The molecule has 31 heavy (non-hydrogen) atoms. The zero-order chi connectivity index (χ0) is 22.4. The first-order chi connectivity index (χ1) is 14.7. The molecule has 1 heterocycles. The zero-order valence-corrected chi connectivity index (χ0v) is 17.9. The van der Waals surface area contributed by atoms with E-state index in [1.807, 2.05) is 6.92 Å². The number of benzene rings is 2. The molecule has 9 heteroatoms. The molecule has 0 atom stereocenters. The maximum absolute atomic E-state index is 12.5. The fourth-order valence-electron chi connectivity index (χ4n) is 2.77. The summed E-state index contributed by atoms with van der Waals surface area (Å²) in [5, 5.41) is 0. The van der Waals surface area contributed by atoms with Crippen molar-refractivity contribution in [2.75, 3.05) is 10.1 Å². The molecule has 1 amide bonds. The van der Waals surface area contributed by atoms with E-state index >= 15 is 0 Å². The number of carbonyl (C=O) groups excluding carboxylic acids is 2. The summed E-state index contributed by atoms with van der Waals surface area (Å²) in [6.07, 6.45) is 3.29. The number of hydrogen-bond acceptors (Lipinski definition) is 5. The lowest BCUT2D eigenvalue weighted by molar-refractivity contribution is -0.684. The number of aryl methyl sites for hydroxylation is 1. The van der Waals surface area contributed by atoms with Gasteiger partial charge in [-0.3, -0.25) is 25.2 Å². The lowest BCUT2D eigenvalue weighted by Gasteiger charge is -2.11. The normalized spacial score (nSPS) is 10.9. The van der Waals surface area contributed by atoms with Crippen LogP contribution in [0.4, 0.5) is 11.4 Å². The lowest BCUT2D eigenvalue weighted by Crippen LogP contribution is -2.38. The molecule has 0 aliphatic carbocycles. The number of anilines is 2. The van der Waals surface area contributed by atoms with Crippen LogP contribution in [0.1, 0.15) is 22.8 Å². The van der Waals surface area contributed by atoms with Gasteiger partial charge in [0.1, 0.15) is 5.56 Å². The number of aromatic nitrogens is 1. The van der Waals surface area contributed by atoms with Crippen molar-refractivity contribution >= 4 is 33.1 Å². The predicted octanol–water partition coefficient (Wildman–Crippen LogP) is 2.43. The molecule has 0 radical (unpaired) electrons. The van der Waals surface area contributed by atoms with Crippen molar-refractivity contribution in [2.24, 2.45) is 0 Å². The number of nitrogens with zero attached hydrogens (tertiary/aromatic N) is 1. The second-order valence-electron chi connectivity index (χ2n) is 7.04. The minimum absolute atomic E-state index is 0.0150. The van der Waals surface area contributed by atoms with Crippen LogP contribution in [0.5, 0.6) is 0 Å². The highest BCUT2D eigenvalue weighted by Gasteiger charge is 2.14. The van der Waals surface area contributed by atoms with E-state index in [1.54, 1.807) is 77.6 Å². The van der Waals surface area contributed by atoms with E-state index in [0.717, 1.165) is 5.56 Å². The van der Waals surface area contributed by atoms with Crippen LogP contribution in [0.2, 0.25) is 0 Å². The molecule has 3 aromatic rings. The Morgan fingerprint density at radius 2 is 1.58 bits per heavy atom. The molecule has 0 fully saturated rings. The first-order valence-electron chi connectivity index (χ1n) is 9.47. The van der Waals surface area contributed by atoms with Gasteiger partial charge in [0.05, 0.1) is 10.6 Å². The number of amides is 1. The van der Waals surface area contributed by atoms with Crippen molar-refractivity contribution < 1.29 is 22.6 Å². The standard InChI is InChI=1S/C22H22N4O4S/c1-16-5-11-21(12-6-16)31(29,30)25-20-9-7-19(8-10-20)23-24-22(28)18-4-3-13-26(15-18)14-17(2)27/h3-13,15,23,25H,14H2,1-2H3/p+1. The molecule has 0 saturated carbocycles. The van der Waals surface area contributed by atoms with Crippen molar-refractivity contribution in [1.82, 2.24) is 5.43 Å². The van der Waals surface area contributed by atoms with Gasteiger partial charge in [0.2, 0.25) is 6.54 Å². The third-order valence-electron chi connectivity index (χ3n) is 4.31. The minimum atomic E-state index is -3.68. The van der Waals surface area contributed by atoms with Crippen molar-refractivity contribution in [3.63, 3.8) is 0 Å². The van der Waals surface area contributed by atoms with Gasteiger partial charge in [0, 0.05) is 18.7 Å². The van der Waals surface area contributed by atoms with Gasteiger partial charge in [0.15, 0.2) is 18.2 Å². The fourth-order valence-corrected chi connectivity index (χ4v) is 3.82. The number of hydrazine groups is 1. The Labute approximate surface area is 181 Å². The first-order valence-corrected chi connectivity index (χ1v) is 11.0. The SMILES string of the molecule is CC(=O)C[n+]1cccc(C(=O)NNc2ccc(NS(=O)(=O)c3ccc(C)cc3)cc2)c1. The van der Waals surface area contributed by atoms with Crippen molar-refractivity contribution in [1.29, 1.82) is 0 Å². The third kappa shape index (κ3) is 6.13. The molecule has 0 bridgehead atoms. The van der Waals surface area contributed by atoms with Gasteiger partial charge in [0.25, 0.3) is 15.9 Å². The molecule has 0 spiro atoms. The maximum Gasteiger partial charge on any atom is 0.275 e. The maximum atomic E-state index is 12.5. The summed E-state index contributed by atoms with van der Waals surface area (Å²) in [6, 6.07) is 16.3. The number of sulfonamides is 1. The summed E-state index contributed by atoms with van der Waals surface area (Å²) in [7, 11) is -3.68. The van der Waals surface area contributed by atoms with E-state index in [9.17, 15) is 18.0 Å². The third-order valence-corrected chi connectivity index (χ3v) is 5.71. The number of hydrogen-bond donors (Lipinski definition) is 3. The summed E-state index contributed by atoms with van der Waals surface area (Å²) >= 11 is 0. The topological polar surface area (TPSA) is 108 Å². The highest BCUT2D eigenvalue weighted by molar-refractivity contribution is 7.92. The van der Waals surface area contributed by atoms with Gasteiger partial charge >= 0.3 is 0 Å². The number of carbonyl (C=O) groups is 2. The minimum Gasteiger partial charge on any atom is -0.298 e. The Kier molecular flexibility index (Phi) is 6.66. The molecule has 1 aromatic heterocycles. The average molecular weight is 440 g/mol. The molecule has 0 unspecified atom stereocenters. The molecule has 0 aliphatic heterocycles. The molecule has 3 rings (SSSR count). The highest BCUT2D eigenvalue weighted by Crippen LogP contribution is 2.18. The number of rotatable bonds is 8. The molecule has 0 saturated heterocycles. The number of Topliss-reactive ketones (excluding diaryl/α,β-unsaturated/α-hetero) is 1. The first kappa shape index (κ1) is 22.0. The molecular weight excluding hydrogens is 416 g/mol. The number of nitrogens with one attached hydrogen (secondary N) is 3. The van der Waals surface area contributed by atoms with Crippen molar-refractivity contribution in [3.05, 3.63) is 84.2 Å². The quantitative estimate of drug-likeness (QED) is 0.369. The van der Waals surface area contributed by atoms with E-state index in [1.165, 1.54) is 6.92 Å². The van der Waals surface area contributed by atoms with Crippen LogP contribution in [0.25, 0.3) is 0 Å². The Balaban J connectivity index is 1.60. The van der Waals surface area contributed by atoms with Crippen LogP contribution in [0.3, 0.4) is 0 Å². The molecule has 3 N–H and O–H groups in total. The molecule has 2 aromatic carbocycles. The van der Waals surface area contributed by atoms with E-state index in [0.29, 0.717) is 16.9 Å². The van der Waals surface area contributed by atoms with Crippen molar-refractivity contribution in [2.45, 2.75) is 25.3 Å². The summed E-state index contributed by atoms with van der Waals surface area (Å²) in [4.78, 5) is 23.7. The molecule has 160 valence electrons. The van der Waals surface area contributed by atoms with Gasteiger partial charge in [-0.1, -0.05) is 17.7 Å². The van der Waals surface area contributed by atoms with Crippen LogP contribution in [-0.2, 0) is 21.4 Å². The number of ketones is 1. The number of pyridine rings is 1. The van der Waals surface area contributed by atoms with Gasteiger partial charge < -0.3 is 0 Å². The largest absolute Gasteiger partial charge is 0.298 e. The molecule has 0 aliphatic rings. The highest BCUT2D eigenvalue weighted by atomic mass is 32.2. The zero-order valence-electron chi connectivity index (χ0n) is 17.1. The van der Waals surface area contributed by atoms with Crippen LogP contribution in [-0.4, -0.2) is 20.1 Å². The Morgan fingerprint density at radius 1 is 0.935 bits per heavy atom. The Morgan fingerprint density at radius 3 is 2.23 bits per heavy atom. The lowest BCUT2D eigenvalue weighted by atomic mass is 10.2. The van der Waals surface area contributed by atoms with E-state index in [2.05, 4.69) is 15.6 Å². The van der Waals surface area contributed by atoms with Gasteiger partial charge in [-0.15, -0.1) is 0 Å². The fraction of sp³-hybridized carbons (Fsp3) is 0.136. The second-order valence-corrected chi connectivity index (χ2v) is 8.72. The Bertz CT molecular complexity index is 1190. The van der Waals surface area contributed by atoms with E-state index < -0.39 is 10.0 Å². The van der Waals surface area contributed by atoms with Gasteiger partial charge in [-0.25, -0.2) is 8.42 Å². The monoisotopic (exact) mass is 439 g/mol. The van der Waals surface area contributed by atoms with E-state index in [-0.39, 0.29) is 23.1 Å².